The number of amides is 2. The Morgan fingerprint density at radius 2 is 1.70 bits per heavy atom. The van der Waals surface area contributed by atoms with Gasteiger partial charge in [-0.05, 0) is 75.1 Å². The molecule has 1 heterocycles. The molecule has 0 bridgehead atoms. The third kappa shape index (κ3) is 8.27. The second-order valence-electron chi connectivity index (χ2n) is 12.8. The number of carbonyl (C=O) groups excluding carboxylic acids is 2. The van der Waals surface area contributed by atoms with E-state index in [1.165, 1.54) is 38.0 Å². The number of nitrogens with zero attached hydrogens (tertiary/aromatic N) is 2. The Balaban J connectivity index is 1.49. The van der Waals surface area contributed by atoms with Crippen LogP contribution in [0, 0.1) is 0 Å². The summed E-state index contributed by atoms with van der Waals surface area (Å²) in [5.74, 6) is -1.38. The van der Waals surface area contributed by atoms with Gasteiger partial charge < -0.3 is 24.5 Å². The maximum absolute atomic E-state index is 14.6. The number of ether oxygens (including phenoxy) is 2. The van der Waals surface area contributed by atoms with Crippen LogP contribution < -0.4 is 24.4 Å². The molecule has 0 saturated heterocycles. The van der Waals surface area contributed by atoms with Crippen molar-refractivity contribution < 1.29 is 45.5 Å². The van der Waals surface area contributed by atoms with E-state index < -0.39 is 45.6 Å². The topological polar surface area (TPSA) is 136 Å². The first-order chi connectivity index (χ1) is 23.3. The van der Waals surface area contributed by atoms with Crippen LogP contribution in [-0.4, -0.2) is 57.8 Å². The van der Waals surface area contributed by atoms with Crippen LogP contribution in [0.1, 0.15) is 62.8 Å². The predicted octanol–water partition coefficient (Wildman–Crippen LogP) is 6.46. The molecule has 268 valence electrons. The van der Waals surface area contributed by atoms with E-state index in [0.717, 1.165) is 31.1 Å². The fraction of sp³-hybridized carbons (Fsp3) is 0.382. The molecular weight excluding hydrogens is 701 g/mol. The Labute approximate surface area is 292 Å². The van der Waals surface area contributed by atoms with E-state index in [1.54, 1.807) is 55.5 Å². The molecule has 1 aliphatic heterocycles. The third-order valence-corrected chi connectivity index (χ3v) is 9.47. The highest BCUT2D eigenvalue weighted by Crippen LogP contribution is 2.54. The molecule has 1 fully saturated rings. The lowest BCUT2D eigenvalue weighted by Crippen LogP contribution is -2.45. The predicted molar refractivity (Wildman–Crippen MR) is 182 cm³/mol. The zero-order chi connectivity index (χ0) is 36.6. The molecule has 5 rings (SSSR count). The Kier molecular flexibility index (Phi) is 10.0. The lowest BCUT2D eigenvalue weighted by molar-refractivity contribution is -0.274. The number of hydrogen-bond donors (Lipinski definition) is 2. The van der Waals surface area contributed by atoms with Gasteiger partial charge in [0.05, 0.1) is 24.8 Å². The van der Waals surface area contributed by atoms with Gasteiger partial charge in [0, 0.05) is 40.4 Å². The summed E-state index contributed by atoms with van der Waals surface area (Å²) in [4.78, 5) is 34.0. The number of anilines is 2. The lowest BCUT2D eigenvalue weighted by atomic mass is 9.66. The number of carbonyl (C=O) groups is 2. The highest BCUT2D eigenvalue weighted by Gasteiger charge is 2.50. The first kappa shape index (κ1) is 36.8. The number of sulfonamides is 1. The maximum Gasteiger partial charge on any atom is 0.573 e. The molecule has 1 unspecified atom stereocenters. The SMILES string of the molecule is COc1cc(NC(C(=O)N2CC3(CCC3)c3ccc(OC(F)(F)F)cc32)c2ccc(Cl)cc2)cc(/C(C)=N/OC(C)(C)C(=O)NS(C)(=O)=O)c1. The van der Waals surface area contributed by atoms with Gasteiger partial charge in [-0.1, -0.05) is 41.4 Å². The minimum absolute atomic E-state index is 0.289. The number of fused-ring (bicyclic) bond motifs is 2. The molecular formula is C34H36ClF3N4O7S. The highest BCUT2D eigenvalue weighted by molar-refractivity contribution is 7.89. The van der Waals surface area contributed by atoms with Gasteiger partial charge in [0.15, 0.2) is 0 Å². The number of halogens is 4. The first-order valence-electron chi connectivity index (χ1n) is 15.5. The Bertz CT molecular complexity index is 1930. The van der Waals surface area contributed by atoms with Crippen LogP contribution in [0.4, 0.5) is 24.5 Å². The summed E-state index contributed by atoms with van der Waals surface area (Å²) < 4.78 is 74.2. The summed E-state index contributed by atoms with van der Waals surface area (Å²) in [6, 6.07) is 14.7. The Morgan fingerprint density at radius 3 is 2.28 bits per heavy atom. The summed E-state index contributed by atoms with van der Waals surface area (Å²) in [7, 11) is -2.38. The average Bonchev–Trinajstić information content (AvgIpc) is 3.36. The first-order valence-corrected chi connectivity index (χ1v) is 17.7. The minimum Gasteiger partial charge on any atom is -0.497 e. The largest absolute Gasteiger partial charge is 0.573 e. The van der Waals surface area contributed by atoms with Gasteiger partial charge in [-0.2, -0.15) is 0 Å². The lowest BCUT2D eigenvalue weighted by Gasteiger charge is -2.39. The molecule has 0 radical (unpaired) electrons. The van der Waals surface area contributed by atoms with Crippen LogP contribution in [0.15, 0.2) is 65.8 Å². The van der Waals surface area contributed by atoms with Gasteiger partial charge in [0.2, 0.25) is 15.6 Å². The fourth-order valence-corrected chi connectivity index (χ4v) is 6.63. The van der Waals surface area contributed by atoms with Gasteiger partial charge in [0.1, 0.15) is 17.5 Å². The summed E-state index contributed by atoms with van der Waals surface area (Å²) in [6.07, 6.45) is -1.56. The van der Waals surface area contributed by atoms with Crippen molar-refractivity contribution in [3.05, 3.63) is 82.4 Å². The van der Waals surface area contributed by atoms with Crippen LogP contribution in [0.3, 0.4) is 0 Å². The number of methoxy groups -OCH3 is 1. The van der Waals surface area contributed by atoms with Crippen LogP contribution in [0.2, 0.25) is 5.02 Å². The van der Waals surface area contributed by atoms with Gasteiger partial charge in [-0.3, -0.25) is 9.59 Å². The fourth-order valence-electron chi connectivity index (χ4n) is 5.92. The van der Waals surface area contributed by atoms with Crippen molar-refractivity contribution in [2.24, 2.45) is 5.16 Å². The quantitative estimate of drug-likeness (QED) is 0.169. The van der Waals surface area contributed by atoms with Crippen molar-refractivity contribution in [2.75, 3.05) is 30.1 Å². The molecule has 0 aromatic heterocycles. The van der Waals surface area contributed by atoms with E-state index >= 15 is 0 Å². The molecule has 16 heteroatoms. The molecule has 1 saturated carbocycles. The van der Waals surface area contributed by atoms with Gasteiger partial charge in [0.25, 0.3) is 11.8 Å². The minimum atomic E-state index is -4.90. The standard InChI is InChI=1S/C34H36ClF3N4O7S/c1-20(40-49-32(2,3)31(44)41-50(5,45)46)22-15-24(17-26(16-22)47-4)39-29(21-7-9-23(35)10-8-21)30(43)42-19-33(13-6-14-33)27-12-11-25(18-28(27)42)48-34(36,37)38/h7-12,15-18,29,39H,6,13-14,19H2,1-5H3,(H,41,44)/b40-20+. The highest BCUT2D eigenvalue weighted by atomic mass is 35.5. The molecule has 1 atom stereocenters. The smallest absolute Gasteiger partial charge is 0.497 e. The number of nitrogens with one attached hydrogen (secondary N) is 2. The zero-order valence-electron chi connectivity index (χ0n) is 27.9. The molecule has 2 amide bonds. The van der Waals surface area contributed by atoms with Gasteiger partial charge >= 0.3 is 6.36 Å². The van der Waals surface area contributed by atoms with Gasteiger partial charge in [-0.15, -0.1) is 13.2 Å². The van der Waals surface area contributed by atoms with Crippen molar-refractivity contribution in [2.45, 2.75) is 63.5 Å². The van der Waals surface area contributed by atoms with Crippen molar-refractivity contribution >= 4 is 50.5 Å². The van der Waals surface area contributed by atoms with Crippen molar-refractivity contribution in [3.8, 4) is 11.5 Å². The number of alkyl halides is 3. The summed E-state index contributed by atoms with van der Waals surface area (Å²) in [6.45, 7) is 4.60. The Hall–Kier alpha value is -4.50. The second kappa shape index (κ2) is 13.7. The second-order valence-corrected chi connectivity index (χ2v) is 15.0. The van der Waals surface area contributed by atoms with E-state index in [4.69, 9.17) is 21.2 Å². The molecule has 50 heavy (non-hydrogen) atoms. The van der Waals surface area contributed by atoms with Crippen LogP contribution in [0.5, 0.6) is 11.5 Å². The van der Waals surface area contributed by atoms with Crippen molar-refractivity contribution in [3.63, 3.8) is 0 Å². The average molecular weight is 737 g/mol. The van der Waals surface area contributed by atoms with E-state index in [-0.39, 0.29) is 12.0 Å². The van der Waals surface area contributed by atoms with E-state index in [1.807, 2.05) is 4.72 Å². The number of benzene rings is 3. The third-order valence-electron chi connectivity index (χ3n) is 8.66. The number of hydrogen-bond acceptors (Lipinski definition) is 9. The zero-order valence-corrected chi connectivity index (χ0v) is 29.4. The molecule has 3 aromatic rings. The molecule has 2 aliphatic rings. The van der Waals surface area contributed by atoms with Crippen molar-refractivity contribution in [1.29, 1.82) is 0 Å². The monoisotopic (exact) mass is 736 g/mol. The summed E-state index contributed by atoms with van der Waals surface area (Å²) >= 11 is 6.17. The number of oxime groups is 1. The van der Waals surface area contributed by atoms with E-state index in [2.05, 4.69) is 15.2 Å². The maximum atomic E-state index is 14.6. The Morgan fingerprint density at radius 1 is 1.02 bits per heavy atom. The van der Waals surface area contributed by atoms with E-state index in [9.17, 15) is 31.2 Å². The van der Waals surface area contributed by atoms with Crippen molar-refractivity contribution in [1.82, 2.24) is 4.72 Å². The van der Waals surface area contributed by atoms with Gasteiger partial charge in [-0.25, -0.2) is 13.1 Å². The molecule has 3 aromatic carbocycles. The van der Waals surface area contributed by atoms with Crippen LogP contribution in [-0.2, 0) is 29.9 Å². The molecule has 2 N–H and O–H groups in total. The molecule has 1 aliphatic carbocycles. The van der Waals surface area contributed by atoms with Crippen LogP contribution in [0.25, 0.3) is 0 Å². The van der Waals surface area contributed by atoms with E-state index in [0.29, 0.717) is 39.0 Å². The summed E-state index contributed by atoms with van der Waals surface area (Å²) in [5, 5.41) is 7.78. The normalized spacial score (nSPS) is 16.3. The summed E-state index contributed by atoms with van der Waals surface area (Å²) in [5.41, 5.74) is 0.858. The molecule has 1 spiro atoms. The number of rotatable bonds is 11. The van der Waals surface area contributed by atoms with Crippen LogP contribution >= 0.6 is 11.6 Å². The molecule has 11 nitrogen and oxygen atoms in total.